The fourth-order valence-corrected chi connectivity index (χ4v) is 4.54. The first-order valence-electron chi connectivity index (χ1n) is 11.8. The molecule has 0 spiro atoms. The molecule has 2 heterocycles. The molecule has 2 aliphatic rings. The van der Waals surface area contributed by atoms with Crippen LogP contribution in [0.2, 0.25) is 0 Å². The third-order valence-electron chi connectivity index (χ3n) is 6.40. The Bertz CT molecular complexity index is 1490. The van der Waals surface area contributed by atoms with Crippen molar-refractivity contribution in [1.82, 2.24) is 10.3 Å². The molecule has 2 amide bonds. The number of benzene rings is 2. The van der Waals surface area contributed by atoms with Crippen molar-refractivity contribution in [3.63, 3.8) is 0 Å². The first kappa shape index (κ1) is 26.1. The summed E-state index contributed by atoms with van der Waals surface area (Å²) in [5.74, 6) is 0.144. The summed E-state index contributed by atoms with van der Waals surface area (Å²) in [5.41, 5.74) is 4.26. The highest BCUT2D eigenvalue weighted by Crippen LogP contribution is 2.39. The molecule has 0 saturated heterocycles. The molecular weight excluding hydrogens is 484 g/mol. The number of carbonyl (C=O) groups excluding carboxylic acids is 4. The van der Waals surface area contributed by atoms with Crippen LogP contribution in [-0.4, -0.2) is 48.4 Å². The summed E-state index contributed by atoms with van der Waals surface area (Å²) < 4.78 is 5.05. The first-order chi connectivity index (χ1) is 18.1. The average Bonchev–Trinajstić information content (AvgIpc) is 2.90. The Morgan fingerprint density at radius 2 is 1.79 bits per heavy atom. The van der Waals surface area contributed by atoms with Gasteiger partial charge in [-0.15, -0.1) is 6.42 Å². The molecule has 2 aromatic carbocycles. The van der Waals surface area contributed by atoms with Crippen molar-refractivity contribution in [1.29, 1.82) is 0 Å². The van der Waals surface area contributed by atoms with E-state index >= 15 is 0 Å². The molecular formula is C29H26N4O5. The van der Waals surface area contributed by atoms with Crippen LogP contribution in [0.5, 0.6) is 0 Å². The number of ether oxygens (including phenoxy) is 1. The second-order valence-electron chi connectivity index (χ2n) is 8.89. The van der Waals surface area contributed by atoms with Gasteiger partial charge in [0.1, 0.15) is 5.71 Å². The summed E-state index contributed by atoms with van der Waals surface area (Å²) in [6, 6.07) is 13.7. The number of dihydropyridines is 1. The predicted molar refractivity (Wildman–Crippen MR) is 142 cm³/mol. The number of nitrogens with zero attached hydrogens (tertiary/aromatic N) is 2. The fourth-order valence-electron chi connectivity index (χ4n) is 4.54. The molecule has 2 aliphatic heterocycles. The number of hydrazone groups is 1. The van der Waals surface area contributed by atoms with E-state index in [2.05, 4.69) is 21.7 Å². The average molecular weight is 511 g/mol. The maximum Gasteiger partial charge on any atom is 0.336 e. The zero-order valence-corrected chi connectivity index (χ0v) is 21.4. The highest BCUT2D eigenvalue weighted by molar-refractivity contribution is 6.49. The number of hydrogen-bond acceptors (Lipinski definition) is 7. The summed E-state index contributed by atoms with van der Waals surface area (Å²) in [4.78, 5) is 50.5. The Morgan fingerprint density at radius 1 is 1.11 bits per heavy atom. The number of terminal acetylenes is 1. The Kier molecular flexibility index (Phi) is 7.26. The second kappa shape index (κ2) is 10.6. The number of ketones is 1. The quantitative estimate of drug-likeness (QED) is 0.363. The van der Waals surface area contributed by atoms with Crippen LogP contribution < -0.4 is 10.6 Å². The van der Waals surface area contributed by atoms with Gasteiger partial charge >= 0.3 is 5.97 Å². The molecule has 2 N–H and O–H groups in total. The van der Waals surface area contributed by atoms with Crippen LogP contribution in [0, 0.1) is 12.3 Å². The molecule has 1 atom stereocenters. The van der Waals surface area contributed by atoms with E-state index in [-0.39, 0.29) is 23.8 Å². The second-order valence-corrected chi connectivity index (χ2v) is 8.89. The molecule has 0 aromatic heterocycles. The smallest absolute Gasteiger partial charge is 0.336 e. The van der Waals surface area contributed by atoms with Crippen molar-refractivity contribution in [2.24, 2.45) is 5.10 Å². The van der Waals surface area contributed by atoms with Gasteiger partial charge in [-0.1, -0.05) is 30.2 Å². The summed E-state index contributed by atoms with van der Waals surface area (Å²) in [5, 5.41) is 11.2. The number of rotatable bonds is 5. The zero-order chi connectivity index (χ0) is 27.6. The van der Waals surface area contributed by atoms with E-state index in [0.29, 0.717) is 44.9 Å². The lowest BCUT2D eigenvalue weighted by atomic mass is 9.79. The van der Waals surface area contributed by atoms with Crippen LogP contribution >= 0.6 is 0 Å². The number of hydrogen-bond donors (Lipinski definition) is 2. The molecule has 0 fully saturated rings. The first-order valence-corrected chi connectivity index (χ1v) is 11.8. The minimum absolute atomic E-state index is 0.178. The molecule has 192 valence electrons. The summed E-state index contributed by atoms with van der Waals surface area (Å²) >= 11 is 0. The molecule has 2 aromatic rings. The van der Waals surface area contributed by atoms with Gasteiger partial charge in [-0.25, -0.2) is 9.80 Å². The van der Waals surface area contributed by atoms with Gasteiger partial charge in [0.15, 0.2) is 5.78 Å². The minimum atomic E-state index is -0.724. The molecule has 1 unspecified atom stereocenters. The maximum absolute atomic E-state index is 13.7. The van der Waals surface area contributed by atoms with Gasteiger partial charge in [0.25, 0.3) is 5.91 Å². The number of methoxy groups -OCH3 is 1. The van der Waals surface area contributed by atoms with Gasteiger partial charge in [-0.3, -0.25) is 14.4 Å². The number of carbonyl (C=O) groups is 4. The third kappa shape index (κ3) is 4.97. The van der Waals surface area contributed by atoms with Crippen LogP contribution in [0.4, 0.5) is 5.69 Å². The zero-order valence-electron chi connectivity index (χ0n) is 21.4. The van der Waals surface area contributed by atoms with E-state index in [1.807, 2.05) is 6.07 Å². The Balaban J connectivity index is 1.67. The lowest BCUT2D eigenvalue weighted by molar-refractivity contribution is -0.136. The van der Waals surface area contributed by atoms with Crippen LogP contribution in [0.25, 0.3) is 0 Å². The topological polar surface area (TPSA) is 117 Å². The number of anilines is 1. The van der Waals surface area contributed by atoms with Gasteiger partial charge in [-0.05, 0) is 43.7 Å². The van der Waals surface area contributed by atoms with E-state index in [9.17, 15) is 19.2 Å². The summed E-state index contributed by atoms with van der Waals surface area (Å²) in [6.07, 6.45) is 5.36. The lowest BCUT2D eigenvalue weighted by Gasteiger charge is -2.31. The Hall–Kier alpha value is -4.97. The Labute approximate surface area is 220 Å². The largest absolute Gasteiger partial charge is 0.466 e. The molecule has 0 bridgehead atoms. The van der Waals surface area contributed by atoms with E-state index in [1.54, 1.807) is 56.3 Å². The maximum atomic E-state index is 13.7. The summed E-state index contributed by atoms with van der Waals surface area (Å²) in [7, 11) is 2.78. The predicted octanol–water partition coefficient (Wildman–Crippen LogP) is 2.85. The van der Waals surface area contributed by atoms with Crippen molar-refractivity contribution >= 4 is 35.0 Å². The van der Waals surface area contributed by atoms with Crippen LogP contribution in [0.1, 0.15) is 42.9 Å². The van der Waals surface area contributed by atoms with E-state index < -0.39 is 17.8 Å². The fraction of sp³-hybridized carbons (Fsp3) is 0.207. The van der Waals surface area contributed by atoms with Crippen molar-refractivity contribution in [2.75, 3.05) is 19.5 Å². The number of nitrogens with one attached hydrogen (secondary N) is 2. The SMILES string of the molecule is C#Cc1cccc(C2C(C(=O)Nc3ccc(C4=NN(C)C(=O)CC4=O)cc3)=C(C)NC(C)=C2C(=O)OC)c1. The van der Waals surface area contributed by atoms with E-state index in [0.717, 1.165) is 5.01 Å². The normalized spacial score (nSPS) is 17.5. The van der Waals surface area contributed by atoms with Crippen LogP contribution in [0.3, 0.4) is 0 Å². The number of amides is 2. The Morgan fingerprint density at radius 3 is 2.45 bits per heavy atom. The standard InChI is InChI=1S/C29H26N4O5/c1-6-18-8-7-9-20(14-18)26-24(16(2)30-17(3)25(26)29(37)38-5)28(36)31-21-12-10-19(11-13-21)27-22(34)15-23(35)33(4)32-27/h1,7-14,26,30H,15H2,2-5H3,(H,31,36). The summed E-state index contributed by atoms with van der Waals surface area (Å²) in [6.45, 7) is 3.51. The number of allylic oxidation sites excluding steroid dienone is 2. The third-order valence-corrected chi connectivity index (χ3v) is 6.40. The van der Waals surface area contributed by atoms with E-state index in [1.165, 1.54) is 14.2 Å². The van der Waals surface area contributed by atoms with Gasteiger partial charge in [0.2, 0.25) is 5.91 Å². The van der Waals surface area contributed by atoms with E-state index in [4.69, 9.17) is 11.2 Å². The lowest BCUT2D eigenvalue weighted by Crippen LogP contribution is -2.35. The number of Topliss-reactive ketones (excluding diaryl/α,β-unsaturated/α-hetero) is 1. The molecule has 4 rings (SSSR count). The highest BCUT2D eigenvalue weighted by Gasteiger charge is 2.37. The molecule has 0 saturated carbocycles. The van der Waals surface area contributed by atoms with Crippen molar-refractivity contribution in [3.8, 4) is 12.3 Å². The minimum Gasteiger partial charge on any atom is -0.466 e. The van der Waals surface area contributed by atoms with Gasteiger partial charge in [-0.2, -0.15) is 5.10 Å². The molecule has 9 nitrogen and oxygen atoms in total. The monoisotopic (exact) mass is 510 g/mol. The molecule has 0 radical (unpaired) electrons. The molecule has 9 heteroatoms. The van der Waals surface area contributed by atoms with Crippen LogP contribution in [-0.2, 0) is 23.9 Å². The highest BCUT2D eigenvalue weighted by atomic mass is 16.5. The van der Waals surface area contributed by atoms with Gasteiger partial charge in [0, 0.05) is 40.8 Å². The van der Waals surface area contributed by atoms with Crippen molar-refractivity contribution < 1.29 is 23.9 Å². The number of esters is 1. The molecule has 0 aliphatic carbocycles. The van der Waals surface area contributed by atoms with Crippen molar-refractivity contribution in [2.45, 2.75) is 26.2 Å². The van der Waals surface area contributed by atoms with Crippen LogP contribution in [0.15, 0.2) is 76.2 Å². The van der Waals surface area contributed by atoms with Gasteiger partial charge < -0.3 is 15.4 Å². The van der Waals surface area contributed by atoms with Gasteiger partial charge in [0.05, 0.1) is 25.0 Å². The van der Waals surface area contributed by atoms with Crippen molar-refractivity contribution in [3.05, 3.63) is 87.8 Å². The molecule has 38 heavy (non-hydrogen) atoms.